The molecule has 0 saturated carbocycles. The minimum Gasteiger partial charge on any atom is -0.493 e. The zero-order valence-corrected chi connectivity index (χ0v) is 27.3. The zero-order valence-electron chi connectivity index (χ0n) is 23.9. The largest absolute Gasteiger partial charge is 0.493 e. The van der Waals surface area contributed by atoms with Crippen molar-refractivity contribution < 1.29 is 35.8 Å². The number of rotatable bonds is 9. The molecule has 0 spiro atoms. The number of ether oxygens (including phenoxy) is 3. The van der Waals surface area contributed by atoms with Crippen LogP contribution in [0.5, 0.6) is 11.5 Å². The number of aromatic nitrogens is 1. The van der Waals surface area contributed by atoms with E-state index < -0.39 is 21.8 Å². The van der Waals surface area contributed by atoms with Gasteiger partial charge in [-0.25, -0.2) is 13.4 Å². The van der Waals surface area contributed by atoms with E-state index in [0.29, 0.717) is 55.6 Å². The molecule has 0 bridgehead atoms. The number of halogens is 4. The second kappa shape index (κ2) is 14.3. The summed E-state index contributed by atoms with van der Waals surface area (Å²) in [5.41, 5.74) is 1.86. The first-order valence-corrected chi connectivity index (χ1v) is 15.7. The van der Waals surface area contributed by atoms with Crippen LogP contribution in [0.3, 0.4) is 0 Å². The van der Waals surface area contributed by atoms with E-state index >= 15 is 0 Å². The Morgan fingerprint density at radius 3 is 2.32 bits per heavy atom. The lowest BCUT2D eigenvalue weighted by Crippen LogP contribution is -2.40. The molecule has 0 N–H and O–H groups in total. The van der Waals surface area contributed by atoms with Crippen LogP contribution in [0.1, 0.15) is 11.1 Å². The molecule has 0 unspecified atom stereocenters. The van der Waals surface area contributed by atoms with Gasteiger partial charge in [-0.2, -0.15) is 17.5 Å². The van der Waals surface area contributed by atoms with Crippen molar-refractivity contribution in [2.24, 2.45) is 4.99 Å². The molecule has 4 aromatic rings. The molecule has 0 aliphatic carbocycles. The lowest BCUT2D eigenvalue weighted by atomic mass is 10.1. The van der Waals surface area contributed by atoms with Gasteiger partial charge in [0, 0.05) is 25.0 Å². The fourth-order valence-corrected chi connectivity index (χ4v) is 7.10. The topological polar surface area (TPSA) is 82.4 Å². The predicted octanol–water partition coefficient (Wildman–Crippen LogP) is 6.33. The van der Waals surface area contributed by atoms with Gasteiger partial charge in [-0.1, -0.05) is 24.3 Å². The Hall–Kier alpha value is -3.17. The number of benzene rings is 3. The number of aryl methyl sites for hydroxylation is 1. The van der Waals surface area contributed by atoms with E-state index in [0.717, 1.165) is 29.0 Å². The third-order valence-corrected chi connectivity index (χ3v) is 9.80. The van der Waals surface area contributed by atoms with Crippen LogP contribution in [-0.2, 0) is 33.9 Å². The molecule has 2 heterocycles. The van der Waals surface area contributed by atoms with Crippen molar-refractivity contribution in [2.45, 2.75) is 24.0 Å². The Balaban J connectivity index is 0.00000442. The molecular weight excluding hydrogens is 683 g/mol. The first kappa shape index (κ1) is 33.7. The molecule has 1 saturated heterocycles. The number of hydrogen-bond donors (Lipinski definition) is 0. The van der Waals surface area contributed by atoms with E-state index in [1.54, 1.807) is 38.5 Å². The van der Waals surface area contributed by atoms with Gasteiger partial charge in [0.2, 0.25) is 10.0 Å². The molecule has 1 aliphatic rings. The Morgan fingerprint density at radius 1 is 0.955 bits per heavy atom. The Labute approximate surface area is 268 Å². The number of methoxy groups -OCH3 is 2. The summed E-state index contributed by atoms with van der Waals surface area (Å²) in [6.07, 6.45) is -3.93. The molecule has 44 heavy (non-hydrogen) atoms. The summed E-state index contributed by atoms with van der Waals surface area (Å²) in [5, 5.41) is 1.87. The lowest BCUT2D eigenvalue weighted by molar-refractivity contribution is -0.137. The van der Waals surface area contributed by atoms with Crippen LogP contribution < -0.4 is 14.3 Å². The number of morpholine rings is 1. The highest BCUT2D eigenvalue weighted by Gasteiger charge is 2.30. The maximum atomic E-state index is 13.4. The summed E-state index contributed by atoms with van der Waals surface area (Å²) in [6, 6.07) is 17.1. The van der Waals surface area contributed by atoms with Crippen LogP contribution in [0.4, 0.5) is 18.9 Å². The minimum absolute atomic E-state index is 0. The molecule has 8 nitrogen and oxygen atoms in total. The quantitative estimate of drug-likeness (QED) is 0.203. The van der Waals surface area contributed by atoms with Gasteiger partial charge < -0.3 is 18.8 Å². The molecule has 1 aromatic heterocycles. The summed E-state index contributed by atoms with van der Waals surface area (Å²) in [5.74, 6) is 1.18. The van der Waals surface area contributed by atoms with Crippen LogP contribution in [0.15, 0.2) is 82.0 Å². The van der Waals surface area contributed by atoms with Crippen LogP contribution in [0, 0.1) is 0 Å². The number of sulfonamides is 1. The van der Waals surface area contributed by atoms with Crippen molar-refractivity contribution in [3.05, 3.63) is 88.0 Å². The first-order chi connectivity index (χ1) is 20.6. The van der Waals surface area contributed by atoms with Gasteiger partial charge in [-0.3, -0.25) is 0 Å². The van der Waals surface area contributed by atoms with Crippen molar-refractivity contribution in [3.63, 3.8) is 0 Å². The highest BCUT2D eigenvalue weighted by Crippen LogP contribution is 2.32. The van der Waals surface area contributed by atoms with Crippen molar-refractivity contribution in [1.82, 2.24) is 8.87 Å². The lowest BCUT2D eigenvalue weighted by Gasteiger charge is -2.26. The Bertz CT molecular complexity index is 1750. The standard InChI is InChI=1S/C30H30F3N3O5S2.BrH/c1-39-27-11-6-21(18-28(27)40-2)12-13-36-26(20-42-29(36)34-24-5-3-4-23(19-24)30(31,32)33)22-7-9-25(10-8-22)43(37,38)35-14-16-41-17-15-35;/h3-11,18-20H,12-17H2,1-2H3;1H. The summed E-state index contributed by atoms with van der Waals surface area (Å²) < 4.78 is 85.7. The molecule has 0 amide bonds. The average molecular weight is 715 g/mol. The molecule has 0 radical (unpaired) electrons. The average Bonchev–Trinajstić information content (AvgIpc) is 3.42. The Kier molecular flexibility index (Phi) is 10.9. The van der Waals surface area contributed by atoms with Gasteiger partial charge in [0.05, 0.1) is 49.3 Å². The molecule has 1 aliphatic heterocycles. The van der Waals surface area contributed by atoms with Crippen molar-refractivity contribution in [2.75, 3.05) is 40.5 Å². The predicted molar refractivity (Wildman–Crippen MR) is 168 cm³/mol. The third-order valence-electron chi connectivity index (χ3n) is 7.03. The molecular formula is C30H31BrF3N3O5S2. The monoisotopic (exact) mass is 713 g/mol. The molecule has 14 heteroatoms. The van der Waals surface area contributed by atoms with Crippen molar-refractivity contribution in [3.8, 4) is 22.8 Å². The SMILES string of the molecule is Br.COc1ccc(CCn2c(-c3ccc(S(=O)(=O)N4CCOCC4)cc3)csc2=Nc2cccc(C(F)(F)F)c2)cc1OC. The van der Waals surface area contributed by atoms with Crippen LogP contribution in [-0.4, -0.2) is 57.8 Å². The molecule has 5 rings (SSSR count). The first-order valence-electron chi connectivity index (χ1n) is 13.4. The smallest absolute Gasteiger partial charge is 0.416 e. The van der Waals surface area contributed by atoms with Gasteiger partial charge in [-0.05, 0) is 60.0 Å². The highest BCUT2D eigenvalue weighted by atomic mass is 79.9. The zero-order chi connectivity index (χ0) is 30.6. The number of thiazole rings is 1. The van der Waals surface area contributed by atoms with E-state index in [2.05, 4.69) is 4.99 Å². The summed E-state index contributed by atoms with van der Waals surface area (Å²) in [4.78, 5) is 5.25. The molecule has 0 atom stereocenters. The molecule has 236 valence electrons. The van der Waals surface area contributed by atoms with Crippen molar-refractivity contribution >= 4 is 44.0 Å². The summed E-state index contributed by atoms with van der Waals surface area (Å²) in [7, 11) is -0.547. The fourth-order valence-electron chi connectivity index (χ4n) is 4.74. The van der Waals surface area contributed by atoms with Crippen LogP contribution in [0.25, 0.3) is 11.3 Å². The van der Waals surface area contributed by atoms with Gasteiger partial charge >= 0.3 is 6.18 Å². The highest BCUT2D eigenvalue weighted by molar-refractivity contribution is 8.93. The molecule has 3 aromatic carbocycles. The molecule has 1 fully saturated rings. The van der Waals surface area contributed by atoms with Crippen LogP contribution in [0.2, 0.25) is 0 Å². The van der Waals surface area contributed by atoms with Crippen LogP contribution >= 0.6 is 28.3 Å². The third kappa shape index (κ3) is 7.54. The van der Waals surface area contributed by atoms with Gasteiger partial charge in [0.25, 0.3) is 0 Å². The summed E-state index contributed by atoms with van der Waals surface area (Å²) in [6.45, 7) is 1.74. The Morgan fingerprint density at radius 2 is 1.66 bits per heavy atom. The normalized spacial score (nSPS) is 14.7. The van der Waals surface area contributed by atoms with E-state index in [4.69, 9.17) is 14.2 Å². The minimum atomic E-state index is -4.49. The van der Waals surface area contributed by atoms with Gasteiger partial charge in [0.15, 0.2) is 16.3 Å². The second-order valence-electron chi connectivity index (χ2n) is 9.70. The van der Waals surface area contributed by atoms with Crippen molar-refractivity contribution in [1.29, 1.82) is 0 Å². The van der Waals surface area contributed by atoms with Gasteiger partial charge in [0.1, 0.15) is 0 Å². The van der Waals surface area contributed by atoms with Gasteiger partial charge in [-0.15, -0.1) is 28.3 Å². The van der Waals surface area contributed by atoms with E-state index in [1.165, 1.54) is 27.8 Å². The number of nitrogens with zero attached hydrogens (tertiary/aromatic N) is 3. The maximum absolute atomic E-state index is 13.4. The number of hydrogen-bond acceptors (Lipinski definition) is 7. The maximum Gasteiger partial charge on any atom is 0.416 e. The van der Waals surface area contributed by atoms with E-state index in [-0.39, 0.29) is 27.6 Å². The fraction of sp³-hybridized carbons (Fsp3) is 0.300. The van der Waals surface area contributed by atoms with E-state index in [1.807, 2.05) is 28.1 Å². The number of alkyl halides is 3. The second-order valence-corrected chi connectivity index (χ2v) is 12.5. The summed E-state index contributed by atoms with van der Waals surface area (Å²) >= 11 is 1.29. The van der Waals surface area contributed by atoms with E-state index in [9.17, 15) is 21.6 Å².